The molecule has 1 N–H and O–H groups in total. The van der Waals surface area contributed by atoms with Crippen LogP contribution in [0.5, 0.6) is 0 Å². The van der Waals surface area contributed by atoms with Crippen LogP contribution in [0, 0.1) is 0 Å². The summed E-state index contributed by atoms with van der Waals surface area (Å²) >= 11 is 0. The first-order valence-corrected chi connectivity index (χ1v) is 4.40. The van der Waals surface area contributed by atoms with Crippen LogP contribution in [0.4, 0.5) is 5.69 Å². The molecule has 0 amide bonds. The van der Waals surface area contributed by atoms with E-state index < -0.39 is 0 Å². The Labute approximate surface area is 81.6 Å². The topological polar surface area (TPSA) is 46.9 Å². The van der Waals surface area contributed by atoms with Crippen LogP contribution in [0.15, 0.2) is 24.5 Å². The number of rotatable bonds is 3. The number of carbonyl (C=O) groups excluding carboxylic acids is 1. The normalized spacial score (nSPS) is 10.4. The highest BCUT2D eigenvalue weighted by atomic mass is 16.1. The number of imidazole rings is 1. The lowest BCUT2D eigenvalue weighted by atomic mass is 10.2. The SMILES string of the molecule is Cn1cnc2cc(NCC=O)ccc21. The second-order valence-electron chi connectivity index (χ2n) is 3.11. The number of benzene rings is 1. The van der Waals surface area contributed by atoms with Gasteiger partial charge in [-0.05, 0) is 18.2 Å². The molecule has 0 saturated carbocycles. The van der Waals surface area contributed by atoms with Gasteiger partial charge in [0, 0.05) is 12.7 Å². The molecule has 1 heterocycles. The van der Waals surface area contributed by atoms with Gasteiger partial charge >= 0.3 is 0 Å². The predicted molar refractivity (Wildman–Crippen MR) is 55.3 cm³/mol. The third-order valence-corrected chi connectivity index (χ3v) is 2.11. The smallest absolute Gasteiger partial charge is 0.139 e. The Morgan fingerprint density at radius 3 is 3.21 bits per heavy atom. The molecular formula is C10H11N3O. The number of fused-ring (bicyclic) bond motifs is 1. The lowest BCUT2D eigenvalue weighted by Crippen LogP contribution is -2.01. The summed E-state index contributed by atoms with van der Waals surface area (Å²) in [5.41, 5.74) is 2.94. The summed E-state index contributed by atoms with van der Waals surface area (Å²) < 4.78 is 1.96. The first-order chi connectivity index (χ1) is 6.81. The number of carbonyl (C=O) groups is 1. The fraction of sp³-hybridized carbons (Fsp3) is 0.200. The molecule has 4 heteroatoms. The van der Waals surface area contributed by atoms with Crippen LogP contribution in [-0.4, -0.2) is 22.4 Å². The molecule has 0 unspecified atom stereocenters. The first-order valence-electron chi connectivity index (χ1n) is 4.40. The van der Waals surface area contributed by atoms with Gasteiger partial charge in [0.2, 0.25) is 0 Å². The van der Waals surface area contributed by atoms with E-state index in [-0.39, 0.29) is 0 Å². The Morgan fingerprint density at radius 2 is 2.43 bits per heavy atom. The van der Waals surface area contributed by atoms with Crippen molar-refractivity contribution in [3.63, 3.8) is 0 Å². The van der Waals surface area contributed by atoms with Crippen LogP contribution >= 0.6 is 0 Å². The molecule has 0 bridgehead atoms. The number of hydrogen-bond acceptors (Lipinski definition) is 3. The Hall–Kier alpha value is -1.84. The average molecular weight is 189 g/mol. The molecule has 0 atom stereocenters. The maximum atomic E-state index is 10.2. The summed E-state index contributed by atoms with van der Waals surface area (Å²) in [6, 6.07) is 5.85. The van der Waals surface area contributed by atoms with Crippen molar-refractivity contribution < 1.29 is 4.79 Å². The molecule has 1 aromatic carbocycles. The van der Waals surface area contributed by atoms with Crippen molar-refractivity contribution in [1.82, 2.24) is 9.55 Å². The zero-order valence-electron chi connectivity index (χ0n) is 7.90. The maximum Gasteiger partial charge on any atom is 0.139 e. The van der Waals surface area contributed by atoms with E-state index in [1.807, 2.05) is 29.8 Å². The summed E-state index contributed by atoms with van der Waals surface area (Å²) in [6.45, 7) is 0.332. The van der Waals surface area contributed by atoms with E-state index in [0.29, 0.717) is 6.54 Å². The van der Waals surface area contributed by atoms with Gasteiger partial charge in [-0.15, -0.1) is 0 Å². The number of aromatic nitrogens is 2. The van der Waals surface area contributed by atoms with Crippen molar-refractivity contribution in [3.05, 3.63) is 24.5 Å². The Balaban J connectivity index is 2.36. The van der Waals surface area contributed by atoms with Crippen molar-refractivity contribution in [2.45, 2.75) is 0 Å². The Morgan fingerprint density at radius 1 is 1.57 bits per heavy atom. The summed E-state index contributed by atoms with van der Waals surface area (Å²) in [4.78, 5) is 14.4. The van der Waals surface area contributed by atoms with Gasteiger partial charge in [-0.25, -0.2) is 4.98 Å². The zero-order valence-corrected chi connectivity index (χ0v) is 7.90. The van der Waals surface area contributed by atoms with Gasteiger partial charge in [-0.2, -0.15) is 0 Å². The fourth-order valence-corrected chi connectivity index (χ4v) is 1.41. The second kappa shape index (κ2) is 3.49. The standard InChI is InChI=1S/C10H11N3O/c1-13-7-12-9-6-8(11-4-5-14)2-3-10(9)13/h2-3,5-7,11H,4H2,1H3. The van der Waals surface area contributed by atoms with E-state index in [9.17, 15) is 4.79 Å². The van der Waals surface area contributed by atoms with E-state index >= 15 is 0 Å². The molecule has 4 nitrogen and oxygen atoms in total. The molecule has 2 rings (SSSR count). The number of nitrogens with zero attached hydrogens (tertiary/aromatic N) is 2. The summed E-state index contributed by atoms with van der Waals surface area (Å²) in [5, 5.41) is 2.98. The van der Waals surface area contributed by atoms with E-state index in [1.165, 1.54) is 0 Å². The fourth-order valence-electron chi connectivity index (χ4n) is 1.41. The van der Waals surface area contributed by atoms with Crippen LogP contribution < -0.4 is 5.32 Å². The Bertz CT molecular complexity index is 461. The summed E-state index contributed by atoms with van der Waals surface area (Å²) in [6.07, 6.45) is 2.61. The third-order valence-electron chi connectivity index (χ3n) is 2.11. The highest BCUT2D eigenvalue weighted by Crippen LogP contribution is 2.16. The van der Waals surface area contributed by atoms with Crippen LogP contribution in [0.25, 0.3) is 11.0 Å². The molecule has 0 radical (unpaired) electrons. The molecule has 0 fully saturated rings. The van der Waals surface area contributed by atoms with Gasteiger partial charge in [0.05, 0.1) is 23.9 Å². The lowest BCUT2D eigenvalue weighted by Gasteiger charge is -2.01. The molecule has 0 aliphatic carbocycles. The molecule has 1 aromatic heterocycles. The van der Waals surface area contributed by atoms with Gasteiger partial charge in [-0.1, -0.05) is 0 Å². The predicted octanol–water partition coefficient (Wildman–Crippen LogP) is 1.18. The van der Waals surface area contributed by atoms with Crippen LogP contribution in [0.3, 0.4) is 0 Å². The summed E-state index contributed by atoms with van der Waals surface area (Å²) in [7, 11) is 1.95. The molecular weight excluding hydrogens is 178 g/mol. The minimum Gasteiger partial charge on any atom is -0.378 e. The number of aryl methyl sites for hydroxylation is 1. The van der Waals surface area contributed by atoms with E-state index in [4.69, 9.17) is 0 Å². The largest absolute Gasteiger partial charge is 0.378 e. The van der Waals surface area contributed by atoms with Crippen molar-refractivity contribution >= 4 is 23.0 Å². The van der Waals surface area contributed by atoms with Crippen molar-refractivity contribution in [3.8, 4) is 0 Å². The van der Waals surface area contributed by atoms with E-state index in [2.05, 4.69) is 10.3 Å². The minimum absolute atomic E-state index is 0.332. The monoisotopic (exact) mass is 189 g/mol. The lowest BCUT2D eigenvalue weighted by molar-refractivity contribution is -0.106. The maximum absolute atomic E-state index is 10.2. The highest BCUT2D eigenvalue weighted by molar-refractivity contribution is 5.79. The highest BCUT2D eigenvalue weighted by Gasteiger charge is 1.99. The second-order valence-corrected chi connectivity index (χ2v) is 3.11. The van der Waals surface area contributed by atoms with E-state index in [1.54, 1.807) is 6.33 Å². The molecule has 0 saturated heterocycles. The van der Waals surface area contributed by atoms with Gasteiger partial charge < -0.3 is 14.7 Å². The van der Waals surface area contributed by atoms with Crippen molar-refractivity contribution in [2.75, 3.05) is 11.9 Å². The molecule has 0 spiro atoms. The van der Waals surface area contributed by atoms with Crippen LogP contribution in [0.1, 0.15) is 0 Å². The van der Waals surface area contributed by atoms with Gasteiger partial charge in [0.1, 0.15) is 6.29 Å². The van der Waals surface area contributed by atoms with Crippen LogP contribution in [0.2, 0.25) is 0 Å². The number of hydrogen-bond donors (Lipinski definition) is 1. The molecule has 14 heavy (non-hydrogen) atoms. The van der Waals surface area contributed by atoms with Crippen LogP contribution in [-0.2, 0) is 11.8 Å². The number of nitrogens with one attached hydrogen (secondary N) is 1. The minimum atomic E-state index is 0.332. The molecule has 0 aliphatic rings. The quantitative estimate of drug-likeness (QED) is 0.737. The zero-order chi connectivity index (χ0) is 9.97. The Kier molecular flexibility index (Phi) is 2.18. The summed E-state index contributed by atoms with van der Waals surface area (Å²) in [5.74, 6) is 0. The van der Waals surface area contributed by atoms with Gasteiger partial charge in [-0.3, -0.25) is 0 Å². The van der Waals surface area contributed by atoms with Crippen molar-refractivity contribution in [1.29, 1.82) is 0 Å². The molecule has 2 aromatic rings. The average Bonchev–Trinajstić information content (AvgIpc) is 2.57. The van der Waals surface area contributed by atoms with E-state index in [0.717, 1.165) is 23.0 Å². The third kappa shape index (κ3) is 1.46. The molecule has 72 valence electrons. The number of anilines is 1. The molecule has 0 aliphatic heterocycles. The first kappa shape index (κ1) is 8.74. The van der Waals surface area contributed by atoms with Gasteiger partial charge in [0.25, 0.3) is 0 Å². The number of aldehydes is 1. The van der Waals surface area contributed by atoms with Gasteiger partial charge in [0.15, 0.2) is 0 Å². The van der Waals surface area contributed by atoms with Crippen molar-refractivity contribution in [2.24, 2.45) is 7.05 Å².